The van der Waals surface area contributed by atoms with Crippen LogP contribution in [0.15, 0.2) is 34.8 Å². The maximum atomic E-state index is 13.2. The van der Waals surface area contributed by atoms with Gasteiger partial charge in [0.05, 0.1) is 30.8 Å². The first-order valence-corrected chi connectivity index (χ1v) is 10.4. The number of amides is 1. The van der Waals surface area contributed by atoms with Gasteiger partial charge in [-0.15, -0.1) is 0 Å². The molecule has 1 amide bonds. The molecule has 0 saturated heterocycles. The van der Waals surface area contributed by atoms with Gasteiger partial charge in [-0.2, -0.15) is 0 Å². The summed E-state index contributed by atoms with van der Waals surface area (Å²) in [5, 5.41) is 10.1. The molecular weight excluding hydrogens is 454 g/mol. The van der Waals surface area contributed by atoms with Crippen molar-refractivity contribution in [3.05, 3.63) is 51.5 Å². The van der Waals surface area contributed by atoms with Crippen LogP contribution in [0.25, 0.3) is 0 Å². The van der Waals surface area contributed by atoms with Crippen LogP contribution in [-0.4, -0.2) is 49.3 Å². The molecule has 0 radical (unpaired) electrons. The standard InChI is InChI=1S/C22H24BrNO6/c1-5-29-17-10-13-14(11-18(17)30-6-2)21(25)24(3)20(19(13)22(26)27)12-7-8-16(28-4)15(23)9-12/h7-11,19-20H,5-6H2,1-4H3,(H,26,27)/t19-,20+/m0/s1. The molecule has 0 bridgehead atoms. The van der Waals surface area contributed by atoms with Gasteiger partial charge in [0.1, 0.15) is 11.7 Å². The molecule has 0 spiro atoms. The van der Waals surface area contributed by atoms with Crippen molar-refractivity contribution in [2.45, 2.75) is 25.8 Å². The molecule has 1 aliphatic heterocycles. The summed E-state index contributed by atoms with van der Waals surface area (Å²) < 4.78 is 17.2. The Balaban J connectivity index is 2.20. The van der Waals surface area contributed by atoms with E-state index >= 15 is 0 Å². The Labute approximate surface area is 183 Å². The number of rotatable bonds is 7. The Morgan fingerprint density at radius 2 is 1.73 bits per heavy atom. The summed E-state index contributed by atoms with van der Waals surface area (Å²) in [5.74, 6) is -0.803. The zero-order valence-corrected chi connectivity index (χ0v) is 18.9. The highest BCUT2D eigenvalue weighted by atomic mass is 79.9. The smallest absolute Gasteiger partial charge is 0.313 e. The number of carboxylic acids is 1. The predicted octanol–water partition coefficient (Wildman–Crippen LogP) is 4.25. The molecule has 1 N–H and O–H groups in total. The largest absolute Gasteiger partial charge is 0.496 e. The van der Waals surface area contributed by atoms with Crippen LogP contribution < -0.4 is 14.2 Å². The van der Waals surface area contributed by atoms with Gasteiger partial charge in [0.2, 0.25) is 0 Å². The highest BCUT2D eigenvalue weighted by Gasteiger charge is 2.43. The van der Waals surface area contributed by atoms with Crippen LogP contribution in [0.3, 0.4) is 0 Å². The first kappa shape index (κ1) is 22.0. The van der Waals surface area contributed by atoms with E-state index in [-0.39, 0.29) is 5.91 Å². The molecule has 0 aliphatic carbocycles. The molecule has 3 rings (SSSR count). The molecule has 0 fully saturated rings. The molecule has 0 unspecified atom stereocenters. The number of halogens is 1. The van der Waals surface area contributed by atoms with Gasteiger partial charge in [-0.25, -0.2) is 0 Å². The number of methoxy groups -OCH3 is 1. The second-order valence-corrected chi connectivity index (χ2v) is 7.68. The van der Waals surface area contributed by atoms with Crippen molar-refractivity contribution in [3.63, 3.8) is 0 Å². The van der Waals surface area contributed by atoms with E-state index in [1.165, 1.54) is 4.90 Å². The van der Waals surface area contributed by atoms with Crippen LogP contribution in [0.5, 0.6) is 17.2 Å². The minimum Gasteiger partial charge on any atom is -0.496 e. The van der Waals surface area contributed by atoms with E-state index in [0.29, 0.717) is 51.6 Å². The van der Waals surface area contributed by atoms with Crippen molar-refractivity contribution in [2.24, 2.45) is 0 Å². The fraction of sp³-hybridized carbons (Fsp3) is 0.364. The van der Waals surface area contributed by atoms with Gasteiger partial charge in [0.15, 0.2) is 11.5 Å². The molecule has 160 valence electrons. The van der Waals surface area contributed by atoms with Gasteiger partial charge in [0.25, 0.3) is 5.91 Å². The van der Waals surface area contributed by atoms with E-state index in [4.69, 9.17) is 14.2 Å². The number of likely N-dealkylation sites (N-methyl/N-ethyl adjacent to an activating group) is 1. The topological polar surface area (TPSA) is 85.3 Å². The van der Waals surface area contributed by atoms with Crippen molar-refractivity contribution in [1.82, 2.24) is 4.90 Å². The van der Waals surface area contributed by atoms with E-state index in [2.05, 4.69) is 15.9 Å². The van der Waals surface area contributed by atoms with Crippen molar-refractivity contribution in [3.8, 4) is 17.2 Å². The van der Waals surface area contributed by atoms with Crippen LogP contribution in [0.4, 0.5) is 0 Å². The maximum absolute atomic E-state index is 13.2. The number of aliphatic carboxylic acids is 1. The van der Waals surface area contributed by atoms with Crippen molar-refractivity contribution in [1.29, 1.82) is 0 Å². The lowest BCUT2D eigenvalue weighted by molar-refractivity contribution is -0.140. The van der Waals surface area contributed by atoms with Crippen molar-refractivity contribution >= 4 is 27.8 Å². The SMILES string of the molecule is CCOc1cc2c(cc1OCC)[C@H](C(=O)O)[C@@H](c1ccc(OC)c(Br)c1)N(C)C2=O. The second kappa shape index (κ2) is 8.95. The summed E-state index contributed by atoms with van der Waals surface area (Å²) in [6.45, 7) is 4.45. The highest BCUT2D eigenvalue weighted by Crippen LogP contribution is 2.46. The van der Waals surface area contributed by atoms with Crippen molar-refractivity contribution in [2.75, 3.05) is 27.4 Å². The molecule has 2 aromatic rings. The van der Waals surface area contributed by atoms with Crippen LogP contribution in [-0.2, 0) is 4.79 Å². The average molecular weight is 478 g/mol. The molecule has 2 aromatic carbocycles. The maximum Gasteiger partial charge on any atom is 0.313 e. The van der Waals surface area contributed by atoms with E-state index < -0.39 is 17.9 Å². The van der Waals surface area contributed by atoms with Gasteiger partial charge in [0, 0.05) is 12.6 Å². The summed E-state index contributed by atoms with van der Waals surface area (Å²) >= 11 is 3.44. The zero-order chi connectivity index (χ0) is 22.0. The minimum atomic E-state index is -1.03. The zero-order valence-electron chi connectivity index (χ0n) is 17.3. The molecular formula is C22H24BrNO6. The summed E-state index contributed by atoms with van der Waals surface area (Å²) in [4.78, 5) is 27.1. The van der Waals surface area contributed by atoms with Crippen LogP contribution in [0.2, 0.25) is 0 Å². The summed E-state index contributed by atoms with van der Waals surface area (Å²) in [7, 11) is 3.17. The molecule has 0 aromatic heterocycles. The lowest BCUT2D eigenvalue weighted by atomic mass is 9.80. The molecule has 1 heterocycles. The third-order valence-electron chi connectivity index (χ3n) is 5.12. The Bertz CT molecular complexity index is 976. The quantitative estimate of drug-likeness (QED) is 0.641. The fourth-order valence-corrected chi connectivity index (χ4v) is 4.37. The van der Waals surface area contributed by atoms with Gasteiger partial charge < -0.3 is 24.2 Å². The Hall–Kier alpha value is -2.74. The lowest BCUT2D eigenvalue weighted by Crippen LogP contribution is -2.42. The fourth-order valence-electron chi connectivity index (χ4n) is 3.82. The summed E-state index contributed by atoms with van der Waals surface area (Å²) in [6.07, 6.45) is 0. The number of ether oxygens (including phenoxy) is 3. The predicted molar refractivity (Wildman–Crippen MR) is 115 cm³/mol. The van der Waals surface area contributed by atoms with Crippen LogP contribution in [0.1, 0.15) is 47.3 Å². The Kier molecular flexibility index (Phi) is 6.55. The van der Waals surface area contributed by atoms with E-state index in [0.717, 1.165) is 0 Å². The molecule has 30 heavy (non-hydrogen) atoms. The Morgan fingerprint density at radius 3 is 2.27 bits per heavy atom. The first-order chi connectivity index (χ1) is 14.3. The van der Waals surface area contributed by atoms with Gasteiger partial charge in [-0.1, -0.05) is 6.07 Å². The number of hydrogen-bond acceptors (Lipinski definition) is 5. The van der Waals surface area contributed by atoms with E-state index in [1.54, 1.807) is 44.5 Å². The molecule has 8 heteroatoms. The third-order valence-corrected chi connectivity index (χ3v) is 5.74. The van der Waals surface area contributed by atoms with Gasteiger partial charge in [-0.3, -0.25) is 9.59 Å². The number of fused-ring (bicyclic) bond motifs is 1. The highest BCUT2D eigenvalue weighted by molar-refractivity contribution is 9.10. The van der Waals surface area contributed by atoms with Crippen LogP contribution in [0, 0.1) is 0 Å². The minimum absolute atomic E-state index is 0.275. The van der Waals surface area contributed by atoms with E-state index in [9.17, 15) is 14.7 Å². The monoisotopic (exact) mass is 477 g/mol. The number of nitrogens with zero attached hydrogens (tertiary/aromatic N) is 1. The third kappa shape index (κ3) is 3.84. The van der Waals surface area contributed by atoms with Gasteiger partial charge >= 0.3 is 5.97 Å². The summed E-state index contributed by atoms with van der Waals surface area (Å²) in [6, 6.07) is 7.81. The number of carbonyl (C=O) groups excluding carboxylic acids is 1. The number of hydrogen-bond donors (Lipinski definition) is 1. The van der Waals surface area contributed by atoms with E-state index in [1.807, 2.05) is 13.8 Å². The van der Waals surface area contributed by atoms with Crippen molar-refractivity contribution < 1.29 is 28.9 Å². The second-order valence-electron chi connectivity index (χ2n) is 6.82. The number of carboxylic acid groups (broad SMARTS) is 1. The Morgan fingerprint density at radius 1 is 1.10 bits per heavy atom. The molecule has 2 atom stereocenters. The summed E-state index contributed by atoms with van der Waals surface area (Å²) in [5.41, 5.74) is 1.40. The first-order valence-electron chi connectivity index (χ1n) is 9.60. The molecule has 1 aliphatic rings. The van der Waals surface area contributed by atoms with Gasteiger partial charge in [-0.05, 0) is 65.2 Å². The number of benzene rings is 2. The molecule has 7 nitrogen and oxygen atoms in total. The van der Waals surface area contributed by atoms with Crippen LogP contribution >= 0.6 is 15.9 Å². The average Bonchev–Trinajstić information content (AvgIpc) is 2.71. The number of carbonyl (C=O) groups is 2. The normalized spacial score (nSPS) is 18.0. The molecule has 0 saturated carbocycles. The lowest BCUT2D eigenvalue weighted by Gasteiger charge is -2.39.